The van der Waals surface area contributed by atoms with Crippen molar-refractivity contribution in [3.8, 4) is 0 Å². The molecule has 0 fully saturated rings. The fourth-order valence-corrected chi connectivity index (χ4v) is 0.902. The smallest absolute Gasteiger partial charge is 0.280 e. The van der Waals surface area contributed by atoms with Gasteiger partial charge in [0, 0.05) is 23.7 Å². The van der Waals surface area contributed by atoms with Crippen molar-refractivity contribution >= 4 is 22.7 Å². The van der Waals surface area contributed by atoms with Crippen LogP contribution in [-0.4, -0.2) is 10.4 Å². The first-order valence-corrected chi connectivity index (χ1v) is 4.19. The summed E-state index contributed by atoms with van der Waals surface area (Å²) in [7, 11) is 0. The van der Waals surface area contributed by atoms with Crippen molar-refractivity contribution in [2.45, 2.75) is 6.61 Å². The molecule has 0 saturated carbocycles. The number of nitro groups is 1. The van der Waals surface area contributed by atoms with Crippen molar-refractivity contribution in [3.63, 3.8) is 0 Å². The molecule has 0 unspecified atom stereocenters. The van der Waals surface area contributed by atoms with Crippen LogP contribution in [0, 0.1) is 10.1 Å². The van der Waals surface area contributed by atoms with E-state index in [9.17, 15) is 14.9 Å². The van der Waals surface area contributed by atoms with Gasteiger partial charge in [0.25, 0.3) is 5.69 Å². The molecule has 0 saturated heterocycles. The number of rotatable bonds is 4. The van der Waals surface area contributed by atoms with E-state index in [4.69, 9.17) is 11.6 Å². The fraction of sp³-hybridized carbons (Fsp3) is 0.125. The summed E-state index contributed by atoms with van der Waals surface area (Å²) in [5.74, 6) is 0. The average Bonchev–Trinajstić information content (AvgIpc) is 2.18. The number of nitrogens with zero attached hydrogens (tertiary/aromatic N) is 1. The molecule has 0 atom stereocenters. The van der Waals surface area contributed by atoms with Crippen LogP contribution in [0.1, 0.15) is 5.56 Å². The topological polar surface area (TPSA) is 78.7 Å². The van der Waals surface area contributed by atoms with Crippen LogP contribution < -0.4 is 0 Å². The van der Waals surface area contributed by atoms with Crippen molar-refractivity contribution in [2.24, 2.45) is 0 Å². The van der Waals surface area contributed by atoms with Crippen molar-refractivity contribution in [2.75, 3.05) is 0 Å². The molecule has 6 nitrogen and oxygen atoms in total. The summed E-state index contributed by atoms with van der Waals surface area (Å²) in [6.45, 7) is -0.0174. The second-order valence-electron chi connectivity index (χ2n) is 2.51. The minimum absolute atomic E-state index is 0.0174. The van der Waals surface area contributed by atoms with Crippen molar-refractivity contribution < 1.29 is 19.5 Å². The van der Waals surface area contributed by atoms with Gasteiger partial charge < -0.3 is 0 Å². The quantitative estimate of drug-likeness (QED) is 0.344. The summed E-state index contributed by atoms with van der Waals surface area (Å²) in [5.41, 5.74) is -0.469. The molecule has 1 aromatic rings. The van der Waals surface area contributed by atoms with Gasteiger partial charge >= 0.3 is 5.43 Å². The first-order valence-electron chi connectivity index (χ1n) is 3.82. The molecule has 0 spiro atoms. The monoisotopic (exact) mass is 231 g/mol. The Morgan fingerprint density at radius 1 is 1.40 bits per heavy atom. The Kier molecular flexibility index (Phi) is 4.02. The zero-order chi connectivity index (χ0) is 11.3. The predicted molar refractivity (Wildman–Crippen MR) is 50.2 cm³/mol. The summed E-state index contributed by atoms with van der Waals surface area (Å²) < 4.78 is 0. The van der Waals surface area contributed by atoms with E-state index in [0.717, 1.165) is 0 Å². The Balaban J connectivity index is 2.50. The number of carbonyl (C=O) groups is 1. The van der Waals surface area contributed by atoms with Gasteiger partial charge in [0.15, 0.2) is 0 Å². The van der Waals surface area contributed by atoms with Gasteiger partial charge in [-0.15, -0.1) is 0 Å². The molecule has 0 amide bonds. The van der Waals surface area contributed by atoms with Gasteiger partial charge in [0.05, 0.1) is 4.92 Å². The number of halogens is 1. The van der Waals surface area contributed by atoms with Gasteiger partial charge in [-0.1, -0.05) is 0 Å². The van der Waals surface area contributed by atoms with Crippen molar-refractivity contribution in [1.82, 2.24) is 0 Å². The highest BCUT2D eigenvalue weighted by molar-refractivity contribution is 6.61. The SMILES string of the molecule is O=C(Cl)OOCc1ccc([N+](=O)[O-])cc1. The first-order chi connectivity index (χ1) is 7.09. The van der Waals surface area contributed by atoms with Crippen LogP contribution in [0.3, 0.4) is 0 Å². The normalized spacial score (nSPS) is 9.67. The summed E-state index contributed by atoms with van der Waals surface area (Å²) in [4.78, 5) is 28.3. The standard InChI is InChI=1S/C8H6ClNO5/c9-8(11)15-14-5-6-1-3-7(4-2-6)10(12)13/h1-4H,5H2. The highest BCUT2D eigenvalue weighted by Gasteiger charge is 2.04. The highest BCUT2D eigenvalue weighted by Crippen LogP contribution is 2.12. The molecule has 15 heavy (non-hydrogen) atoms. The lowest BCUT2D eigenvalue weighted by molar-refractivity contribution is -0.384. The van der Waals surface area contributed by atoms with E-state index in [1.165, 1.54) is 24.3 Å². The minimum atomic E-state index is -1.07. The predicted octanol–water partition coefficient (Wildman–Crippen LogP) is 2.40. The number of hydrogen-bond acceptors (Lipinski definition) is 5. The van der Waals surface area contributed by atoms with Crippen LogP contribution in [-0.2, 0) is 16.4 Å². The van der Waals surface area contributed by atoms with Crippen LogP contribution in [0.4, 0.5) is 10.5 Å². The number of hydrogen-bond donors (Lipinski definition) is 0. The van der Waals surface area contributed by atoms with E-state index in [1.807, 2.05) is 0 Å². The Bertz CT molecular complexity index is 364. The second kappa shape index (κ2) is 5.28. The van der Waals surface area contributed by atoms with Crippen LogP contribution in [0.15, 0.2) is 24.3 Å². The summed E-state index contributed by atoms with van der Waals surface area (Å²) >= 11 is 4.84. The number of benzene rings is 1. The first kappa shape index (κ1) is 11.4. The molecule has 1 aromatic carbocycles. The molecule has 0 bridgehead atoms. The zero-order valence-electron chi connectivity index (χ0n) is 7.38. The molecule has 80 valence electrons. The molecule has 0 aliphatic rings. The Morgan fingerprint density at radius 3 is 2.47 bits per heavy atom. The van der Waals surface area contributed by atoms with Crippen LogP contribution in [0.5, 0.6) is 0 Å². The number of nitro benzene ring substituents is 1. The lowest BCUT2D eigenvalue weighted by atomic mass is 10.2. The number of carbonyl (C=O) groups excluding carboxylic acids is 1. The van der Waals surface area contributed by atoms with Crippen molar-refractivity contribution in [3.05, 3.63) is 39.9 Å². The molecule has 0 aliphatic carbocycles. The maximum absolute atomic E-state index is 10.3. The van der Waals surface area contributed by atoms with E-state index >= 15 is 0 Å². The van der Waals surface area contributed by atoms with Gasteiger partial charge in [0.1, 0.15) is 6.61 Å². The molecule has 0 heterocycles. The van der Waals surface area contributed by atoms with Gasteiger partial charge in [-0.25, -0.2) is 4.79 Å². The van der Waals surface area contributed by atoms with E-state index < -0.39 is 10.4 Å². The van der Waals surface area contributed by atoms with Gasteiger partial charge in [-0.3, -0.25) is 15.0 Å². The highest BCUT2D eigenvalue weighted by atomic mass is 35.5. The lowest BCUT2D eigenvalue weighted by Gasteiger charge is -2.00. The maximum Gasteiger partial charge on any atom is 0.435 e. The molecule has 0 aliphatic heterocycles. The Hall–Kier alpha value is -1.66. The van der Waals surface area contributed by atoms with Crippen LogP contribution >= 0.6 is 11.6 Å². The van der Waals surface area contributed by atoms with Crippen LogP contribution in [0.25, 0.3) is 0 Å². The number of non-ortho nitro benzene ring substituents is 1. The van der Waals surface area contributed by atoms with E-state index in [0.29, 0.717) is 5.56 Å². The van der Waals surface area contributed by atoms with Gasteiger partial charge in [0.2, 0.25) is 0 Å². The molecule has 0 radical (unpaired) electrons. The molecule has 7 heteroatoms. The Morgan fingerprint density at radius 2 is 2.00 bits per heavy atom. The van der Waals surface area contributed by atoms with Gasteiger partial charge in [-0.05, 0) is 17.7 Å². The summed E-state index contributed by atoms with van der Waals surface area (Å²) in [5, 5.41) is 10.3. The third-order valence-corrected chi connectivity index (χ3v) is 1.56. The van der Waals surface area contributed by atoms with Crippen molar-refractivity contribution in [1.29, 1.82) is 0 Å². The van der Waals surface area contributed by atoms with E-state index in [2.05, 4.69) is 9.78 Å². The molecule has 0 aromatic heterocycles. The lowest BCUT2D eigenvalue weighted by Crippen LogP contribution is -1.97. The average molecular weight is 232 g/mol. The Labute approximate surface area is 89.4 Å². The minimum Gasteiger partial charge on any atom is -0.280 e. The fourth-order valence-electron chi connectivity index (χ4n) is 0.858. The second-order valence-corrected chi connectivity index (χ2v) is 2.82. The summed E-state index contributed by atoms with van der Waals surface area (Å²) in [6.07, 6.45) is 0. The largest absolute Gasteiger partial charge is 0.435 e. The van der Waals surface area contributed by atoms with Crippen LogP contribution in [0.2, 0.25) is 0 Å². The van der Waals surface area contributed by atoms with Gasteiger partial charge in [-0.2, -0.15) is 4.89 Å². The van der Waals surface area contributed by atoms with E-state index in [-0.39, 0.29) is 12.3 Å². The molecule has 1 rings (SSSR count). The zero-order valence-corrected chi connectivity index (χ0v) is 8.14. The molecule has 0 N–H and O–H groups in total. The maximum atomic E-state index is 10.3. The molecular weight excluding hydrogens is 226 g/mol. The third kappa shape index (κ3) is 3.92. The van der Waals surface area contributed by atoms with E-state index in [1.54, 1.807) is 0 Å². The third-order valence-electron chi connectivity index (χ3n) is 1.50. The summed E-state index contributed by atoms with van der Waals surface area (Å²) in [6, 6.07) is 5.61. The molecular formula is C8H6ClNO5.